The number of rotatable bonds is 3. The number of Topliss-reactive ketones (excluding diaryl/α,β-unsaturated/α-hetero) is 1. The minimum atomic E-state index is -0.964. The summed E-state index contributed by atoms with van der Waals surface area (Å²) >= 11 is 6.02. The Balaban J connectivity index is 2.47. The SMILES string of the molecule is O=C1C(Br)=CC(=NC(=O)c2ccc([N+](=O)[O-])cc2[N+](=O)[O-])C=C1Br. The maximum absolute atomic E-state index is 12.2. The van der Waals surface area contributed by atoms with Crippen molar-refractivity contribution >= 4 is 60.6 Å². The highest BCUT2D eigenvalue weighted by atomic mass is 79.9. The van der Waals surface area contributed by atoms with E-state index in [-0.39, 0.29) is 20.5 Å². The summed E-state index contributed by atoms with van der Waals surface area (Å²) in [5.74, 6) is -1.31. The second-order valence-corrected chi connectivity index (χ2v) is 6.08. The quantitative estimate of drug-likeness (QED) is 0.388. The van der Waals surface area contributed by atoms with Crippen LogP contribution in [0.3, 0.4) is 0 Å². The van der Waals surface area contributed by atoms with E-state index in [1.165, 1.54) is 12.2 Å². The molecule has 122 valence electrons. The summed E-state index contributed by atoms with van der Waals surface area (Å²) in [5.41, 5.74) is -1.55. The average molecular weight is 459 g/mol. The highest BCUT2D eigenvalue weighted by Crippen LogP contribution is 2.26. The van der Waals surface area contributed by atoms with Crippen LogP contribution in [0.2, 0.25) is 0 Å². The van der Waals surface area contributed by atoms with Crippen LogP contribution in [0, 0.1) is 20.2 Å². The van der Waals surface area contributed by atoms with Gasteiger partial charge in [-0.3, -0.25) is 29.8 Å². The van der Waals surface area contributed by atoms with Crippen molar-refractivity contribution in [2.45, 2.75) is 0 Å². The lowest BCUT2D eigenvalue weighted by atomic mass is 10.1. The first kappa shape index (κ1) is 17.8. The summed E-state index contributed by atoms with van der Waals surface area (Å²) in [7, 11) is 0. The smallest absolute Gasteiger partial charge is 0.287 e. The van der Waals surface area contributed by atoms with Gasteiger partial charge in [0.25, 0.3) is 17.3 Å². The zero-order chi connectivity index (χ0) is 18.0. The van der Waals surface area contributed by atoms with Crippen LogP contribution in [0.1, 0.15) is 10.4 Å². The Labute approximate surface area is 150 Å². The van der Waals surface area contributed by atoms with E-state index in [9.17, 15) is 29.8 Å². The van der Waals surface area contributed by atoms with Gasteiger partial charge < -0.3 is 0 Å². The van der Waals surface area contributed by atoms with E-state index in [0.717, 1.165) is 12.1 Å². The van der Waals surface area contributed by atoms with E-state index in [1.807, 2.05) is 0 Å². The number of amides is 1. The molecule has 0 fully saturated rings. The van der Waals surface area contributed by atoms with Crippen molar-refractivity contribution in [2.24, 2.45) is 4.99 Å². The maximum atomic E-state index is 12.2. The summed E-state index contributed by atoms with van der Waals surface area (Å²) in [4.78, 5) is 47.4. The second-order valence-electron chi connectivity index (χ2n) is 4.37. The molecular formula is C13H5Br2N3O6. The molecule has 24 heavy (non-hydrogen) atoms. The van der Waals surface area contributed by atoms with Crippen LogP contribution in [-0.2, 0) is 4.79 Å². The van der Waals surface area contributed by atoms with Crippen molar-refractivity contribution in [3.05, 3.63) is 65.1 Å². The van der Waals surface area contributed by atoms with Crippen molar-refractivity contribution in [3.8, 4) is 0 Å². The highest BCUT2D eigenvalue weighted by molar-refractivity contribution is 9.13. The molecule has 2 rings (SSSR count). The van der Waals surface area contributed by atoms with Gasteiger partial charge in [0, 0.05) is 6.07 Å². The van der Waals surface area contributed by atoms with Crippen molar-refractivity contribution in [2.75, 3.05) is 0 Å². The number of non-ortho nitro benzene ring substituents is 1. The molecule has 0 spiro atoms. The Morgan fingerprint density at radius 1 is 1.04 bits per heavy atom. The number of benzene rings is 1. The summed E-state index contributed by atoms with van der Waals surface area (Å²) in [6, 6.07) is 2.63. The monoisotopic (exact) mass is 457 g/mol. The van der Waals surface area contributed by atoms with E-state index < -0.39 is 32.7 Å². The van der Waals surface area contributed by atoms with E-state index >= 15 is 0 Å². The predicted molar refractivity (Wildman–Crippen MR) is 90.5 cm³/mol. The Morgan fingerprint density at radius 2 is 1.62 bits per heavy atom. The molecule has 0 aliphatic heterocycles. The minimum Gasteiger partial charge on any atom is -0.287 e. The number of halogens is 2. The third-order valence-electron chi connectivity index (χ3n) is 2.83. The van der Waals surface area contributed by atoms with Gasteiger partial charge in [0.15, 0.2) is 0 Å². The second kappa shape index (κ2) is 6.93. The summed E-state index contributed by atoms with van der Waals surface area (Å²) in [6.45, 7) is 0. The normalized spacial score (nSPS) is 13.9. The van der Waals surface area contributed by atoms with Crippen molar-refractivity contribution in [1.29, 1.82) is 0 Å². The third-order valence-corrected chi connectivity index (χ3v) is 4.01. The minimum absolute atomic E-state index is 0.0889. The van der Waals surface area contributed by atoms with Crippen LogP contribution in [0.5, 0.6) is 0 Å². The molecule has 0 unspecified atom stereocenters. The molecule has 0 saturated carbocycles. The van der Waals surface area contributed by atoms with E-state index in [0.29, 0.717) is 6.07 Å². The zero-order valence-electron chi connectivity index (χ0n) is 11.4. The number of aliphatic imine (C=N–C) groups is 1. The molecular weight excluding hydrogens is 454 g/mol. The lowest BCUT2D eigenvalue weighted by molar-refractivity contribution is -0.394. The standard InChI is InChI=1S/C13H5Br2N3O6/c14-9-3-6(4-10(15)12(9)19)16-13(20)8-2-1-7(17(21)22)5-11(8)18(23)24/h1-5H. The predicted octanol–water partition coefficient (Wildman–Crippen LogP) is 3.22. The number of allylic oxidation sites excluding steroid dienone is 4. The van der Waals surface area contributed by atoms with Crippen LogP contribution in [0.25, 0.3) is 0 Å². The Hall–Kier alpha value is -2.53. The van der Waals surface area contributed by atoms with Gasteiger partial charge in [-0.1, -0.05) is 0 Å². The number of hydrogen-bond acceptors (Lipinski definition) is 6. The molecule has 0 saturated heterocycles. The van der Waals surface area contributed by atoms with Gasteiger partial charge in [-0.15, -0.1) is 0 Å². The topological polar surface area (TPSA) is 133 Å². The highest BCUT2D eigenvalue weighted by Gasteiger charge is 2.25. The molecule has 0 N–H and O–H groups in total. The first-order valence-corrected chi connectivity index (χ1v) is 7.64. The number of ketones is 1. The Bertz CT molecular complexity index is 864. The Kier molecular flexibility index (Phi) is 5.14. The van der Waals surface area contributed by atoms with Gasteiger partial charge in [0.05, 0.1) is 30.6 Å². The number of hydrogen-bond donors (Lipinski definition) is 0. The molecule has 1 aromatic carbocycles. The van der Waals surface area contributed by atoms with Crippen LogP contribution in [0.15, 0.2) is 44.3 Å². The molecule has 11 heteroatoms. The van der Waals surface area contributed by atoms with Crippen molar-refractivity contribution in [3.63, 3.8) is 0 Å². The van der Waals surface area contributed by atoms with Gasteiger partial charge in [-0.2, -0.15) is 0 Å². The van der Waals surface area contributed by atoms with Crippen molar-refractivity contribution in [1.82, 2.24) is 0 Å². The Morgan fingerprint density at radius 3 is 2.12 bits per heavy atom. The van der Waals surface area contributed by atoms with Crippen molar-refractivity contribution < 1.29 is 19.4 Å². The summed E-state index contributed by atoms with van der Waals surface area (Å²) in [6.07, 6.45) is 2.56. The van der Waals surface area contributed by atoms with Gasteiger partial charge in [0.2, 0.25) is 5.78 Å². The fraction of sp³-hybridized carbons (Fsp3) is 0. The average Bonchev–Trinajstić information content (AvgIpc) is 2.51. The molecule has 1 aliphatic carbocycles. The summed E-state index contributed by atoms with van der Waals surface area (Å²) in [5, 5.41) is 21.7. The van der Waals surface area contributed by atoms with E-state index in [1.54, 1.807) is 0 Å². The zero-order valence-corrected chi connectivity index (χ0v) is 14.6. The molecule has 0 atom stereocenters. The molecule has 0 aromatic heterocycles. The van der Waals surface area contributed by atoms with Crippen LogP contribution in [-0.4, -0.2) is 27.2 Å². The number of carbonyl (C=O) groups is 2. The van der Waals surface area contributed by atoms with E-state index in [4.69, 9.17) is 0 Å². The van der Waals surface area contributed by atoms with Crippen LogP contribution < -0.4 is 0 Å². The lowest BCUT2D eigenvalue weighted by Crippen LogP contribution is -2.10. The maximum Gasteiger partial charge on any atom is 0.289 e. The first-order chi connectivity index (χ1) is 11.2. The first-order valence-electron chi connectivity index (χ1n) is 6.05. The number of nitrogens with zero attached hydrogens (tertiary/aromatic N) is 3. The van der Waals surface area contributed by atoms with Gasteiger partial charge in [-0.25, -0.2) is 4.99 Å². The summed E-state index contributed by atoms with van der Waals surface area (Å²) < 4.78 is 0.309. The third kappa shape index (κ3) is 3.68. The number of carbonyl (C=O) groups excluding carboxylic acids is 2. The molecule has 1 aromatic rings. The molecule has 0 radical (unpaired) electrons. The van der Waals surface area contributed by atoms with Gasteiger partial charge in [0.1, 0.15) is 5.56 Å². The largest absolute Gasteiger partial charge is 0.289 e. The van der Waals surface area contributed by atoms with Gasteiger partial charge >= 0.3 is 0 Å². The lowest BCUT2D eigenvalue weighted by Gasteiger charge is -2.06. The number of nitro groups is 2. The van der Waals surface area contributed by atoms with Crippen LogP contribution in [0.4, 0.5) is 11.4 Å². The fourth-order valence-electron chi connectivity index (χ4n) is 1.75. The molecule has 1 aliphatic rings. The molecule has 1 amide bonds. The van der Waals surface area contributed by atoms with Gasteiger partial charge in [-0.05, 0) is 50.1 Å². The molecule has 0 heterocycles. The molecule has 9 nitrogen and oxygen atoms in total. The molecule has 0 bridgehead atoms. The van der Waals surface area contributed by atoms with E-state index in [2.05, 4.69) is 36.9 Å². The number of nitro benzene ring substituents is 2. The fourth-order valence-corrected chi connectivity index (χ4v) is 2.92. The van der Waals surface area contributed by atoms with Crippen LogP contribution >= 0.6 is 31.9 Å².